The number of hydrogen-bond acceptors (Lipinski definition) is 6. The topological polar surface area (TPSA) is 84.3 Å². The fourth-order valence-electron chi connectivity index (χ4n) is 3.50. The highest BCUT2D eigenvalue weighted by atomic mass is 35.5. The van der Waals surface area contributed by atoms with E-state index >= 15 is 0 Å². The predicted octanol–water partition coefficient (Wildman–Crippen LogP) is 2.04. The van der Waals surface area contributed by atoms with Gasteiger partial charge in [0, 0.05) is 25.7 Å². The quantitative estimate of drug-likeness (QED) is 0.606. The molecule has 0 bridgehead atoms. The van der Waals surface area contributed by atoms with Crippen molar-refractivity contribution < 1.29 is 9.53 Å². The molecule has 4 rings (SSSR count). The molecule has 2 aliphatic rings. The van der Waals surface area contributed by atoms with Gasteiger partial charge in [0.15, 0.2) is 5.69 Å². The predicted molar refractivity (Wildman–Crippen MR) is 110 cm³/mol. The van der Waals surface area contributed by atoms with E-state index in [0.717, 1.165) is 38.0 Å². The van der Waals surface area contributed by atoms with Gasteiger partial charge in [-0.1, -0.05) is 28.9 Å². The Hall–Kier alpha value is -2.16. The third kappa shape index (κ3) is 4.55. The maximum absolute atomic E-state index is 12.4. The van der Waals surface area contributed by atoms with Gasteiger partial charge in [0.05, 0.1) is 23.3 Å². The Labute approximate surface area is 175 Å². The van der Waals surface area contributed by atoms with Gasteiger partial charge in [0.2, 0.25) is 0 Å². The van der Waals surface area contributed by atoms with Crippen LogP contribution in [0.25, 0.3) is 0 Å². The van der Waals surface area contributed by atoms with Crippen LogP contribution in [-0.2, 0) is 0 Å². The second-order valence-electron chi connectivity index (χ2n) is 7.73. The number of amides is 1. The molecule has 1 aliphatic heterocycles. The molecule has 2 heterocycles. The van der Waals surface area contributed by atoms with E-state index in [1.165, 1.54) is 0 Å². The van der Waals surface area contributed by atoms with Gasteiger partial charge in [-0.05, 0) is 38.4 Å². The lowest BCUT2D eigenvalue weighted by Crippen LogP contribution is -2.59. The first kappa shape index (κ1) is 20.1. The number of rotatable bonds is 9. The van der Waals surface area contributed by atoms with Crippen LogP contribution < -0.4 is 15.4 Å². The Bertz CT molecular complexity index is 862. The standard InChI is InChI=1S/C20H27ClN6O2/c1-13(16-4-3-5-18(19(16)21)29-9-8-22-2)26-10-14(11-26)23-20(28)17-12-27(25-24-17)15-6-7-15/h3-5,12-15,22H,6-11H2,1-2H3,(H,23,28). The molecule has 8 nitrogen and oxygen atoms in total. The van der Waals surface area contributed by atoms with Crippen molar-refractivity contribution in [1.29, 1.82) is 0 Å². The molecular formula is C20H27ClN6O2. The Balaban J connectivity index is 1.30. The molecule has 156 valence electrons. The minimum atomic E-state index is -0.160. The van der Waals surface area contributed by atoms with Crippen molar-refractivity contribution >= 4 is 17.5 Å². The molecule has 1 aromatic heterocycles. The summed E-state index contributed by atoms with van der Waals surface area (Å²) in [7, 11) is 1.89. The zero-order valence-electron chi connectivity index (χ0n) is 16.8. The minimum absolute atomic E-state index is 0.102. The summed E-state index contributed by atoms with van der Waals surface area (Å²) >= 11 is 6.58. The monoisotopic (exact) mass is 418 g/mol. The first-order valence-electron chi connectivity index (χ1n) is 10.1. The molecule has 1 amide bonds. The number of likely N-dealkylation sites (tertiary alicyclic amines) is 1. The molecular weight excluding hydrogens is 392 g/mol. The molecule has 1 unspecified atom stereocenters. The van der Waals surface area contributed by atoms with E-state index in [0.29, 0.717) is 29.1 Å². The maximum atomic E-state index is 12.4. The van der Waals surface area contributed by atoms with E-state index in [2.05, 4.69) is 32.8 Å². The largest absolute Gasteiger partial charge is 0.491 e. The molecule has 0 spiro atoms. The average Bonchev–Trinajstić information content (AvgIpc) is 3.42. The summed E-state index contributed by atoms with van der Waals surface area (Å²) in [5.41, 5.74) is 1.42. The van der Waals surface area contributed by atoms with Crippen LogP contribution in [0.5, 0.6) is 5.75 Å². The number of benzene rings is 1. The first-order valence-corrected chi connectivity index (χ1v) is 10.5. The summed E-state index contributed by atoms with van der Waals surface area (Å²) in [4.78, 5) is 14.7. The summed E-state index contributed by atoms with van der Waals surface area (Å²) in [6.07, 6.45) is 3.97. The van der Waals surface area contributed by atoms with Gasteiger partial charge in [-0.2, -0.15) is 0 Å². The number of hydrogen-bond donors (Lipinski definition) is 2. The number of carbonyl (C=O) groups is 1. The zero-order chi connectivity index (χ0) is 20.4. The normalized spacial score (nSPS) is 18.3. The molecule has 2 aromatic rings. The maximum Gasteiger partial charge on any atom is 0.273 e. The van der Waals surface area contributed by atoms with Crippen molar-refractivity contribution in [3.8, 4) is 5.75 Å². The van der Waals surface area contributed by atoms with Crippen LogP contribution in [0, 0.1) is 0 Å². The summed E-state index contributed by atoms with van der Waals surface area (Å²) in [5, 5.41) is 14.8. The van der Waals surface area contributed by atoms with Gasteiger partial charge in [-0.3, -0.25) is 9.69 Å². The van der Waals surface area contributed by atoms with Crippen molar-refractivity contribution in [3.05, 3.63) is 40.7 Å². The van der Waals surface area contributed by atoms with Crippen molar-refractivity contribution in [2.24, 2.45) is 0 Å². The van der Waals surface area contributed by atoms with Gasteiger partial charge in [0.1, 0.15) is 12.4 Å². The van der Waals surface area contributed by atoms with E-state index in [-0.39, 0.29) is 18.0 Å². The highest BCUT2D eigenvalue weighted by Gasteiger charge is 2.34. The van der Waals surface area contributed by atoms with E-state index in [4.69, 9.17) is 16.3 Å². The van der Waals surface area contributed by atoms with Crippen molar-refractivity contribution in [2.45, 2.75) is 37.9 Å². The van der Waals surface area contributed by atoms with Crippen LogP contribution >= 0.6 is 11.6 Å². The molecule has 2 N–H and O–H groups in total. The highest BCUT2D eigenvalue weighted by molar-refractivity contribution is 6.32. The molecule has 0 radical (unpaired) electrons. The number of nitrogens with zero attached hydrogens (tertiary/aromatic N) is 4. The van der Waals surface area contributed by atoms with Gasteiger partial charge in [-0.15, -0.1) is 5.10 Å². The third-order valence-corrected chi connectivity index (χ3v) is 5.91. The van der Waals surface area contributed by atoms with Crippen molar-refractivity contribution in [1.82, 2.24) is 30.5 Å². The lowest BCUT2D eigenvalue weighted by atomic mass is 10.00. The van der Waals surface area contributed by atoms with Crippen LogP contribution in [-0.4, -0.2) is 65.1 Å². The minimum Gasteiger partial charge on any atom is -0.491 e. The Kier molecular flexibility index (Phi) is 6.03. The van der Waals surface area contributed by atoms with Crippen LogP contribution in [0.2, 0.25) is 5.02 Å². The SMILES string of the molecule is CNCCOc1cccc(C(C)N2CC(NC(=O)c3cn(C4CC4)nn3)C2)c1Cl. The van der Waals surface area contributed by atoms with Crippen molar-refractivity contribution in [3.63, 3.8) is 0 Å². The van der Waals surface area contributed by atoms with Crippen LogP contribution in [0.3, 0.4) is 0 Å². The summed E-state index contributed by atoms with van der Waals surface area (Å²) in [6.45, 7) is 4.99. The smallest absolute Gasteiger partial charge is 0.273 e. The lowest BCUT2D eigenvalue weighted by Gasteiger charge is -2.43. The average molecular weight is 419 g/mol. The fourth-order valence-corrected chi connectivity index (χ4v) is 3.84. The third-order valence-electron chi connectivity index (χ3n) is 5.51. The van der Waals surface area contributed by atoms with Gasteiger partial charge >= 0.3 is 0 Å². The number of ether oxygens (including phenoxy) is 1. The zero-order valence-corrected chi connectivity index (χ0v) is 17.5. The van der Waals surface area contributed by atoms with Crippen LogP contribution in [0.1, 0.15) is 47.9 Å². The number of aromatic nitrogens is 3. The van der Waals surface area contributed by atoms with E-state index in [9.17, 15) is 4.79 Å². The van der Waals surface area contributed by atoms with Gasteiger partial charge in [0.25, 0.3) is 5.91 Å². The fraction of sp³-hybridized carbons (Fsp3) is 0.550. The molecule has 29 heavy (non-hydrogen) atoms. The number of carbonyl (C=O) groups excluding carboxylic acids is 1. The summed E-state index contributed by atoms with van der Waals surface area (Å²) in [5.74, 6) is 0.544. The molecule has 1 aliphatic carbocycles. The molecule has 9 heteroatoms. The Morgan fingerprint density at radius 1 is 1.38 bits per heavy atom. The number of likely N-dealkylation sites (N-methyl/N-ethyl adjacent to an activating group) is 1. The Morgan fingerprint density at radius 2 is 2.17 bits per heavy atom. The molecule has 1 atom stereocenters. The summed E-state index contributed by atoms with van der Waals surface area (Å²) in [6, 6.07) is 6.55. The van der Waals surface area contributed by atoms with Gasteiger partial charge < -0.3 is 15.4 Å². The molecule has 1 saturated heterocycles. The van der Waals surface area contributed by atoms with E-state index < -0.39 is 0 Å². The van der Waals surface area contributed by atoms with Crippen molar-refractivity contribution in [2.75, 3.05) is 33.3 Å². The second-order valence-corrected chi connectivity index (χ2v) is 8.10. The lowest BCUT2D eigenvalue weighted by molar-refractivity contribution is 0.0672. The highest BCUT2D eigenvalue weighted by Crippen LogP contribution is 2.36. The molecule has 1 saturated carbocycles. The molecule has 1 aromatic carbocycles. The van der Waals surface area contributed by atoms with Crippen LogP contribution in [0.4, 0.5) is 0 Å². The number of halogens is 1. The second kappa shape index (κ2) is 8.69. The Morgan fingerprint density at radius 3 is 2.90 bits per heavy atom. The van der Waals surface area contributed by atoms with E-state index in [1.807, 2.05) is 25.2 Å². The number of nitrogens with one attached hydrogen (secondary N) is 2. The summed E-state index contributed by atoms with van der Waals surface area (Å²) < 4.78 is 7.55. The molecule has 2 fully saturated rings. The van der Waals surface area contributed by atoms with E-state index in [1.54, 1.807) is 10.9 Å². The van der Waals surface area contributed by atoms with Gasteiger partial charge in [-0.25, -0.2) is 4.68 Å². The van der Waals surface area contributed by atoms with Crippen LogP contribution in [0.15, 0.2) is 24.4 Å². The first-order chi connectivity index (χ1) is 14.1.